The summed E-state index contributed by atoms with van der Waals surface area (Å²) in [5.74, 6) is -0.0104. The first-order valence-electron chi connectivity index (χ1n) is 7.91. The number of ether oxygens (including phenoxy) is 1. The molecule has 3 rings (SSSR count). The van der Waals surface area contributed by atoms with Crippen LogP contribution in [0.4, 0.5) is 26.3 Å². The molecule has 0 aliphatic carbocycles. The van der Waals surface area contributed by atoms with Crippen LogP contribution in [0.1, 0.15) is 16.8 Å². The van der Waals surface area contributed by atoms with Gasteiger partial charge in [0.15, 0.2) is 5.82 Å². The first-order chi connectivity index (χ1) is 13.0. The molecule has 0 bridgehead atoms. The molecule has 0 saturated carbocycles. The van der Waals surface area contributed by atoms with E-state index in [1.54, 1.807) is 6.92 Å². The second kappa shape index (κ2) is 7.14. The van der Waals surface area contributed by atoms with Gasteiger partial charge in [-0.1, -0.05) is 18.2 Å². The van der Waals surface area contributed by atoms with Gasteiger partial charge < -0.3 is 4.74 Å². The van der Waals surface area contributed by atoms with E-state index in [1.165, 1.54) is 30.3 Å². The molecule has 28 heavy (non-hydrogen) atoms. The van der Waals surface area contributed by atoms with Crippen LogP contribution in [0.2, 0.25) is 0 Å². The largest absolute Gasteiger partial charge is 0.439 e. The van der Waals surface area contributed by atoms with Crippen molar-refractivity contribution in [1.82, 2.24) is 9.97 Å². The zero-order valence-electron chi connectivity index (χ0n) is 14.3. The second-order valence-electron chi connectivity index (χ2n) is 5.87. The predicted octanol–water partition coefficient (Wildman–Crippen LogP) is 6.28. The van der Waals surface area contributed by atoms with Crippen LogP contribution in [0.25, 0.3) is 11.4 Å². The maximum Gasteiger partial charge on any atom is 0.416 e. The maximum atomic E-state index is 12.8. The SMILES string of the molecule is Cc1cc(Oc2cccc(C(F)(F)F)c2)nc(-c2ccc(C(F)(F)F)cc2)n1. The van der Waals surface area contributed by atoms with Gasteiger partial charge in [0.2, 0.25) is 5.88 Å². The summed E-state index contributed by atoms with van der Waals surface area (Å²) in [6.45, 7) is 1.61. The first kappa shape index (κ1) is 19.7. The Morgan fingerprint density at radius 2 is 1.39 bits per heavy atom. The van der Waals surface area contributed by atoms with Crippen LogP contribution >= 0.6 is 0 Å². The van der Waals surface area contributed by atoms with Gasteiger partial charge in [-0.05, 0) is 37.3 Å². The minimum absolute atomic E-state index is 0.0262. The van der Waals surface area contributed by atoms with E-state index in [1.807, 2.05) is 0 Å². The fourth-order valence-corrected chi connectivity index (χ4v) is 2.39. The zero-order chi connectivity index (χ0) is 20.5. The Morgan fingerprint density at radius 1 is 0.750 bits per heavy atom. The Hall–Kier alpha value is -3.10. The van der Waals surface area contributed by atoms with Crippen molar-refractivity contribution in [3.8, 4) is 23.0 Å². The molecule has 2 aromatic carbocycles. The average molecular weight is 398 g/mol. The summed E-state index contributed by atoms with van der Waals surface area (Å²) in [7, 11) is 0. The molecular weight excluding hydrogens is 386 g/mol. The highest BCUT2D eigenvalue weighted by Gasteiger charge is 2.31. The van der Waals surface area contributed by atoms with Crippen LogP contribution in [0.3, 0.4) is 0 Å². The lowest BCUT2D eigenvalue weighted by atomic mass is 10.1. The molecule has 0 fully saturated rings. The molecule has 1 heterocycles. The molecule has 0 spiro atoms. The number of aryl methyl sites for hydroxylation is 1. The number of hydrogen-bond acceptors (Lipinski definition) is 3. The van der Waals surface area contributed by atoms with Gasteiger partial charge in [-0.25, -0.2) is 4.98 Å². The summed E-state index contributed by atoms with van der Waals surface area (Å²) in [4.78, 5) is 8.23. The maximum absolute atomic E-state index is 12.8. The Balaban J connectivity index is 1.90. The fourth-order valence-electron chi connectivity index (χ4n) is 2.39. The predicted molar refractivity (Wildman–Crippen MR) is 88.7 cm³/mol. The van der Waals surface area contributed by atoms with Crippen molar-refractivity contribution in [3.05, 3.63) is 71.4 Å². The van der Waals surface area contributed by atoms with Gasteiger partial charge in [-0.15, -0.1) is 0 Å². The van der Waals surface area contributed by atoms with E-state index >= 15 is 0 Å². The number of hydrogen-bond donors (Lipinski definition) is 0. The van der Waals surface area contributed by atoms with Gasteiger partial charge >= 0.3 is 12.4 Å². The van der Waals surface area contributed by atoms with Crippen LogP contribution in [0, 0.1) is 6.92 Å². The summed E-state index contributed by atoms with van der Waals surface area (Å²) in [6.07, 6.45) is -8.99. The Morgan fingerprint density at radius 3 is 2.00 bits per heavy atom. The van der Waals surface area contributed by atoms with Crippen molar-refractivity contribution in [2.75, 3.05) is 0 Å². The molecule has 146 valence electrons. The molecule has 3 nitrogen and oxygen atoms in total. The highest BCUT2D eigenvalue weighted by atomic mass is 19.4. The van der Waals surface area contributed by atoms with Gasteiger partial charge in [-0.2, -0.15) is 31.3 Å². The number of alkyl halides is 6. The van der Waals surface area contributed by atoms with Crippen molar-refractivity contribution >= 4 is 0 Å². The molecule has 0 radical (unpaired) electrons. The Kier molecular flexibility index (Phi) is 5.01. The lowest BCUT2D eigenvalue weighted by molar-refractivity contribution is -0.138. The Bertz CT molecular complexity index is 981. The molecule has 0 unspecified atom stereocenters. The Labute approximate surface area is 155 Å². The van der Waals surface area contributed by atoms with Gasteiger partial charge in [0.25, 0.3) is 0 Å². The molecule has 9 heteroatoms. The van der Waals surface area contributed by atoms with E-state index < -0.39 is 23.5 Å². The topological polar surface area (TPSA) is 35.0 Å². The standard InChI is InChI=1S/C19H12F6N2O/c1-11-9-16(28-15-4-2-3-14(10-15)19(23,24)25)27-17(26-11)12-5-7-13(8-6-12)18(20,21)22/h2-10H,1H3. The molecule has 0 aliphatic rings. The molecule has 0 amide bonds. The van der Waals surface area contributed by atoms with Crippen LogP contribution in [0.5, 0.6) is 11.6 Å². The number of nitrogens with zero attached hydrogens (tertiary/aromatic N) is 2. The van der Waals surface area contributed by atoms with E-state index in [0.29, 0.717) is 11.3 Å². The quantitative estimate of drug-likeness (QED) is 0.487. The van der Waals surface area contributed by atoms with Crippen LogP contribution in [0.15, 0.2) is 54.6 Å². The minimum Gasteiger partial charge on any atom is -0.439 e. The minimum atomic E-state index is -4.52. The van der Waals surface area contributed by atoms with Gasteiger partial charge in [0, 0.05) is 17.3 Å². The number of halogens is 6. The van der Waals surface area contributed by atoms with Crippen molar-refractivity contribution in [1.29, 1.82) is 0 Å². The van der Waals surface area contributed by atoms with E-state index in [2.05, 4.69) is 9.97 Å². The number of benzene rings is 2. The zero-order valence-corrected chi connectivity index (χ0v) is 14.3. The fraction of sp³-hybridized carbons (Fsp3) is 0.158. The second-order valence-corrected chi connectivity index (χ2v) is 5.87. The lowest BCUT2D eigenvalue weighted by Gasteiger charge is -2.11. The number of rotatable bonds is 3. The van der Waals surface area contributed by atoms with Crippen LogP contribution in [-0.4, -0.2) is 9.97 Å². The third-order valence-corrected chi connectivity index (χ3v) is 3.68. The summed E-state index contributed by atoms with van der Waals surface area (Å²) < 4.78 is 81.9. The summed E-state index contributed by atoms with van der Waals surface area (Å²) >= 11 is 0. The van der Waals surface area contributed by atoms with E-state index in [9.17, 15) is 26.3 Å². The highest BCUT2D eigenvalue weighted by Crippen LogP contribution is 2.33. The third kappa shape index (κ3) is 4.59. The van der Waals surface area contributed by atoms with Crippen molar-refractivity contribution in [3.63, 3.8) is 0 Å². The first-order valence-corrected chi connectivity index (χ1v) is 7.91. The van der Waals surface area contributed by atoms with Crippen molar-refractivity contribution < 1.29 is 31.1 Å². The highest BCUT2D eigenvalue weighted by molar-refractivity contribution is 5.56. The monoisotopic (exact) mass is 398 g/mol. The van der Waals surface area contributed by atoms with Crippen molar-refractivity contribution in [2.45, 2.75) is 19.3 Å². The van der Waals surface area contributed by atoms with Gasteiger partial charge in [0.1, 0.15) is 5.75 Å². The average Bonchev–Trinajstić information content (AvgIpc) is 2.60. The van der Waals surface area contributed by atoms with E-state index in [-0.39, 0.29) is 17.5 Å². The molecule has 0 atom stereocenters. The van der Waals surface area contributed by atoms with Gasteiger partial charge in [0.05, 0.1) is 11.1 Å². The van der Waals surface area contributed by atoms with E-state index in [4.69, 9.17) is 4.74 Å². The molecule has 0 aliphatic heterocycles. The van der Waals surface area contributed by atoms with Crippen molar-refractivity contribution in [2.24, 2.45) is 0 Å². The lowest BCUT2D eigenvalue weighted by Crippen LogP contribution is -2.05. The molecule has 1 aromatic heterocycles. The molecule has 0 saturated heterocycles. The van der Waals surface area contributed by atoms with Gasteiger partial charge in [-0.3, -0.25) is 0 Å². The molecule has 0 N–H and O–H groups in total. The summed E-state index contributed by atoms with van der Waals surface area (Å²) in [5, 5.41) is 0. The summed E-state index contributed by atoms with van der Waals surface area (Å²) in [5.41, 5.74) is -0.944. The summed E-state index contributed by atoms with van der Waals surface area (Å²) in [6, 6.07) is 9.91. The van der Waals surface area contributed by atoms with Crippen LogP contribution in [-0.2, 0) is 12.4 Å². The third-order valence-electron chi connectivity index (χ3n) is 3.68. The van der Waals surface area contributed by atoms with Crippen LogP contribution < -0.4 is 4.74 Å². The smallest absolute Gasteiger partial charge is 0.416 e. The molecular formula is C19H12F6N2O. The number of aromatic nitrogens is 2. The van der Waals surface area contributed by atoms with E-state index in [0.717, 1.165) is 24.3 Å². The normalized spacial score (nSPS) is 12.1. The molecule has 3 aromatic rings.